The lowest BCUT2D eigenvalue weighted by atomic mass is 10.0. The lowest BCUT2D eigenvalue weighted by molar-refractivity contribution is 0.0398. The van der Waals surface area contributed by atoms with Crippen LogP contribution in [0.1, 0.15) is 19.8 Å². The highest BCUT2D eigenvalue weighted by atomic mass is 16.5. The molecule has 6 nitrogen and oxygen atoms in total. The summed E-state index contributed by atoms with van der Waals surface area (Å²) < 4.78 is 5.36. The van der Waals surface area contributed by atoms with Crippen molar-refractivity contribution in [3.63, 3.8) is 0 Å². The minimum Gasteiger partial charge on any atom is -0.379 e. The predicted molar refractivity (Wildman–Crippen MR) is 88.4 cm³/mol. The van der Waals surface area contributed by atoms with Crippen molar-refractivity contribution in [1.82, 2.24) is 14.9 Å². The Balaban J connectivity index is 1.50. The van der Waals surface area contributed by atoms with Crippen molar-refractivity contribution in [3.05, 3.63) is 12.3 Å². The molecule has 1 unspecified atom stereocenters. The van der Waals surface area contributed by atoms with Crippen LogP contribution < -0.4 is 10.2 Å². The van der Waals surface area contributed by atoms with E-state index in [1.165, 1.54) is 12.8 Å². The summed E-state index contributed by atoms with van der Waals surface area (Å²) in [4.78, 5) is 13.8. The molecule has 1 atom stereocenters. The maximum atomic E-state index is 5.36. The van der Waals surface area contributed by atoms with Gasteiger partial charge in [-0.2, -0.15) is 4.98 Å². The first kappa shape index (κ1) is 15.5. The fraction of sp³-hybridized carbons (Fsp3) is 0.750. The molecule has 2 fully saturated rings. The first-order valence-electron chi connectivity index (χ1n) is 8.43. The standard InChI is InChI=1S/C16H27N5O/c1-14-3-2-7-21(13-14)15-4-5-17-16(19-15)18-6-8-20-9-11-22-12-10-20/h4-5,14H,2-3,6-13H2,1H3,(H,17,18,19). The molecule has 3 rings (SSSR count). The molecule has 3 heterocycles. The van der Waals surface area contributed by atoms with E-state index in [-0.39, 0.29) is 0 Å². The largest absolute Gasteiger partial charge is 0.379 e. The van der Waals surface area contributed by atoms with Crippen LogP contribution in [0.15, 0.2) is 12.3 Å². The summed E-state index contributed by atoms with van der Waals surface area (Å²) in [6.45, 7) is 10.1. The molecule has 2 aliphatic heterocycles. The summed E-state index contributed by atoms with van der Waals surface area (Å²) in [6.07, 6.45) is 4.44. The second-order valence-electron chi connectivity index (χ2n) is 6.31. The lowest BCUT2D eigenvalue weighted by Crippen LogP contribution is -2.39. The quantitative estimate of drug-likeness (QED) is 0.889. The summed E-state index contributed by atoms with van der Waals surface area (Å²) in [5.41, 5.74) is 0. The summed E-state index contributed by atoms with van der Waals surface area (Å²) in [5, 5.41) is 3.35. The zero-order chi connectivity index (χ0) is 15.2. The highest BCUT2D eigenvalue weighted by molar-refractivity contribution is 5.42. The van der Waals surface area contributed by atoms with Crippen LogP contribution >= 0.6 is 0 Å². The van der Waals surface area contributed by atoms with E-state index in [0.717, 1.165) is 70.2 Å². The molecule has 0 radical (unpaired) electrons. The molecule has 1 aromatic heterocycles. The van der Waals surface area contributed by atoms with Crippen molar-refractivity contribution < 1.29 is 4.74 Å². The Labute approximate surface area is 132 Å². The monoisotopic (exact) mass is 305 g/mol. The number of morpholine rings is 1. The third-order valence-corrected chi connectivity index (χ3v) is 4.44. The molecule has 6 heteroatoms. The topological polar surface area (TPSA) is 53.5 Å². The molecule has 0 saturated carbocycles. The third-order valence-electron chi connectivity index (χ3n) is 4.44. The molecule has 0 bridgehead atoms. The van der Waals surface area contributed by atoms with Crippen LogP contribution in [0.2, 0.25) is 0 Å². The number of hydrogen-bond donors (Lipinski definition) is 1. The zero-order valence-corrected chi connectivity index (χ0v) is 13.5. The first-order valence-corrected chi connectivity index (χ1v) is 8.43. The Bertz CT molecular complexity index is 464. The maximum Gasteiger partial charge on any atom is 0.224 e. The van der Waals surface area contributed by atoms with Crippen LogP contribution in [0.3, 0.4) is 0 Å². The van der Waals surface area contributed by atoms with Crippen molar-refractivity contribution in [3.8, 4) is 0 Å². The van der Waals surface area contributed by atoms with Gasteiger partial charge < -0.3 is 15.0 Å². The van der Waals surface area contributed by atoms with Crippen LogP contribution in [0.4, 0.5) is 11.8 Å². The second-order valence-corrected chi connectivity index (χ2v) is 6.31. The van der Waals surface area contributed by atoms with E-state index in [2.05, 4.69) is 32.0 Å². The van der Waals surface area contributed by atoms with Crippen LogP contribution in [0.25, 0.3) is 0 Å². The van der Waals surface area contributed by atoms with E-state index in [4.69, 9.17) is 4.74 Å². The van der Waals surface area contributed by atoms with Gasteiger partial charge in [0.1, 0.15) is 5.82 Å². The minimum absolute atomic E-state index is 0.740. The van der Waals surface area contributed by atoms with Crippen LogP contribution in [0, 0.1) is 5.92 Å². The smallest absolute Gasteiger partial charge is 0.224 e. The van der Waals surface area contributed by atoms with Gasteiger partial charge >= 0.3 is 0 Å². The number of nitrogens with zero attached hydrogens (tertiary/aromatic N) is 4. The average molecular weight is 305 g/mol. The van der Waals surface area contributed by atoms with Gasteiger partial charge in [-0.15, -0.1) is 0 Å². The molecule has 2 saturated heterocycles. The molecule has 122 valence electrons. The number of ether oxygens (including phenoxy) is 1. The SMILES string of the molecule is CC1CCCN(c2ccnc(NCCN3CCOCC3)n2)C1. The number of rotatable bonds is 5. The molecule has 0 aliphatic carbocycles. The van der Waals surface area contributed by atoms with Crippen LogP contribution in [-0.2, 0) is 4.74 Å². The Hall–Kier alpha value is -1.40. The summed E-state index contributed by atoms with van der Waals surface area (Å²) in [6, 6.07) is 2.02. The van der Waals surface area contributed by atoms with Crippen molar-refractivity contribution in [2.24, 2.45) is 5.92 Å². The molecule has 2 aliphatic rings. The summed E-state index contributed by atoms with van der Waals surface area (Å²) >= 11 is 0. The summed E-state index contributed by atoms with van der Waals surface area (Å²) in [5.74, 6) is 2.54. The molecule has 1 N–H and O–H groups in total. The second kappa shape index (κ2) is 7.74. The minimum atomic E-state index is 0.740. The van der Waals surface area contributed by atoms with Gasteiger partial charge in [0.05, 0.1) is 13.2 Å². The van der Waals surface area contributed by atoms with E-state index >= 15 is 0 Å². The maximum absolute atomic E-state index is 5.36. The molecule has 0 aromatic carbocycles. The first-order chi connectivity index (χ1) is 10.8. The fourth-order valence-corrected chi connectivity index (χ4v) is 3.16. The molecular weight excluding hydrogens is 278 g/mol. The Morgan fingerprint density at radius 1 is 1.32 bits per heavy atom. The molecular formula is C16H27N5O. The Kier molecular flexibility index (Phi) is 5.45. The van der Waals surface area contributed by atoms with Crippen molar-refractivity contribution in [2.45, 2.75) is 19.8 Å². The summed E-state index contributed by atoms with van der Waals surface area (Å²) in [7, 11) is 0. The number of anilines is 2. The van der Waals surface area contributed by atoms with Gasteiger partial charge in [-0.3, -0.25) is 4.90 Å². The van der Waals surface area contributed by atoms with E-state index in [0.29, 0.717) is 0 Å². The van der Waals surface area contributed by atoms with E-state index < -0.39 is 0 Å². The molecule has 0 spiro atoms. The van der Waals surface area contributed by atoms with Crippen molar-refractivity contribution in [1.29, 1.82) is 0 Å². The zero-order valence-electron chi connectivity index (χ0n) is 13.5. The number of piperidine rings is 1. The van der Waals surface area contributed by atoms with Gasteiger partial charge in [0.2, 0.25) is 5.95 Å². The van der Waals surface area contributed by atoms with Gasteiger partial charge in [0, 0.05) is 45.5 Å². The molecule has 0 amide bonds. The third kappa shape index (κ3) is 4.30. The number of nitrogens with one attached hydrogen (secondary N) is 1. The highest BCUT2D eigenvalue weighted by Crippen LogP contribution is 2.21. The van der Waals surface area contributed by atoms with E-state index in [1.54, 1.807) is 0 Å². The van der Waals surface area contributed by atoms with Crippen molar-refractivity contribution in [2.75, 3.05) is 62.7 Å². The number of aromatic nitrogens is 2. The average Bonchev–Trinajstić information content (AvgIpc) is 2.56. The Morgan fingerprint density at radius 2 is 2.18 bits per heavy atom. The fourth-order valence-electron chi connectivity index (χ4n) is 3.16. The highest BCUT2D eigenvalue weighted by Gasteiger charge is 2.18. The van der Waals surface area contributed by atoms with Crippen LogP contribution in [-0.4, -0.2) is 67.4 Å². The number of hydrogen-bond acceptors (Lipinski definition) is 6. The van der Waals surface area contributed by atoms with Gasteiger partial charge in [0.15, 0.2) is 0 Å². The van der Waals surface area contributed by atoms with Crippen LogP contribution in [0.5, 0.6) is 0 Å². The molecule has 22 heavy (non-hydrogen) atoms. The van der Waals surface area contributed by atoms with Gasteiger partial charge in [0.25, 0.3) is 0 Å². The predicted octanol–water partition coefficient (Wildman–Crippen LogP) is 1.46. The Morgan fingerprint density at radius 3 is 3.00 bits per heavy atom. The van der Waals surface area contributed by atoms with E-state index in [9.17, 15) is 0 Å². The molecule has 1 aromatic rings. The normalized spacial score (nSPS) is 23.5. The van der Waals surface area contributed by atoms with Crippen molar-refractivity contribution >= 4 is 11.8 Å². The van der Waals surface area contributed by atoms with E-state index in [1.807, 2.05) is 12.3 Å². The lowest BCUT2D eigenvalue weighted by Gasteiger charge is -2.31. The van der Waals surface area contributed by atoms with Gasteiger partial charge in [-0.05, 0) is 24.8 Å². The van der Waals surface area contributed by atoms with Gasteiger partial charge in [-0.25, -0.2) is 4.98 Å². The van der Waals surface area contributed by atoms with Gasteiger partial charge in [-0.1, -0.05) is 6.92 Å².